The van der Waals surface area contributed by atoms with Crippen LogP contribution in [0.2, 0.25) is 0 Å². The lowest BCUT2D eigenvalue weighted by atomic mass is 9.96. The quantitative estimate of drug-likeness (QED) is 0.298. The van der Waals surface area contributed by atoms with Gasteiger partial charge in [0, 0.05) is 6.42 Å². The number of hydrogen-bond acceptors (Lipinski definition) is 2. The van der Waals surface area contributed by atoms with Gasteiger partial charge in [0.1, 0.15) is 0 Å². The molecule has 0 aliphatic rings. The van der Waals surface area contributed by atoms with Gasteiger partial charge in [-0.1, -0.05) is 93.4 Å². The van der Waals surface area contributed by atoms with Crippen molar-refractivity contribution in [1.29, 1.82) is 0 Å². The summed E-state index contributed by atoms with van der Waals surface area (Å²) in [6, 6.07) is 0. The summed E-state index contributed by atoms with van der Waals surface area (Å²) in [5.41, 5.74) is 0. The summed E-state index contributed by atoms with van der Waals surface area (Å²) in [6.45, 7) is 15.2. The lowest BCUT2D eigenvalue weighted by Gasteiger charge is -2.16. The minimum absolute atomic E-state index is 0.0555. The van der Waals surface area contributed by atoms with Crippen molar-refractivity contribution in [2.24, 2.45) is 5.92 Å². The van der Waals surface area contributed by atoms with Crippen LogP contribution >= 0.6 is 0 Å². The summed E-state index contributed by atoms with van der Waals surface area (Å²) in [4.78, 5) is 11.1. The number of carbonyl (C=O) groups is 1. The molecule has 0 heterocycles. The van der Waals surface area contributed by atoms with Gasteiger partial charge in [0.05, 0.1) is 6.61 Å². The number of unbranched alkanes of at least 4 members (excludes halogenated alkanes) is 4. The maximum Gasteiger partial charge on any atom is 0.305 e. The van der Waals surface area contributed by atoms with E-state index in [1.165, 1.54) is 57.8 Å². The monoisotopic (exact) mass is 316 g/mol. The van der Waals surface area contributed by atoms with Crippen LogP contribution in [-0.2, 0) is 9.53 Å². The summed E-state index contributed by atoms with van der Waals surface area (Å²) in [6.07, 6.45) is 11.9. The molecule has 2 heteroatoms. The number of ether oxygens (including phenoxy) is 1. The van der Waals surface area contributed by atoms with Crippen molar-refractivity contribution in [3.8, 4) is 0 Å². The fourth-order valence-electron chi connectivity index (χ4n) is 1.98. The van der Waals surface area contributed by atoms with Crippen molar-refractivity contribution in [3.63, 3.8) is 0 Å². The average Bonchev–Trinajstić information content (AvgIpc) is 2.55. The van der Waals surface area contributed by atoms with Crippen LogP contribution in [0.3, 0.4) is 0 Å². The second-order valence-electron chi connectivity index (χ2n) is 5.60. The minimum atomic E-state index is -0.0555. The van der Waals surface area contributed by atoms with E-state index >= 15 is 0 Å². The maximum atomic E-state index is 11.1. The normalized spacial score (nSPS) is 10.7. The van der Waals surface area contributed by atoms with Gasteiger partial charge in [-0.15, -0.1) is 0 Å². The van der Waals surface area contributed by atoms with Gasteiger partial charge in [-0.25, -0.2) is 0 Å². The largest absolute Gasteiger partial charge is 0.465 e. The lowest BCUT2D eigenvalue weighted by Crippen LogP contribution is -2.13. The molecule has 1 unspecified atom stereocenters. The Labute approximate surface area is 141 Å². The number of carbonyl (C=O) groups excluding carboxylic acids is 1. The molecule has 0 aliphatic heterocycles. The van der Waals surface area contributed by atoms with Gasteiger partial charge in [0.15, 0.2) is 0 Å². The molecule has 0 N–H and O–H groups in total. The van der Waals surface area contributed by atoms with Crippen LogP contribution in [0.25, 0.3) is 0 Å². The fraction of sp³-hybridized carbons (Fsp3) is 0.950. The van der Waals surface area contributed by atoms with E-state index in [0.29, 0.717) is 18.9 Å². The predicted octanol–water partition coefficient (Wildman–Crippen LogP) is 7.16. The Kier molecular flexibility index (Phi) is 30.5. The Balaban J connectivity index is -0.000000637. The molecule has 0 fully saturated rings. The molecule has 0 aromatic heterocycles. The van der Waals surface area contributed by atoms with Gasteiger partial charge < -0.3 is 4.74 Å². The Morgan fingerprint density at radius 1 is 0.818 bits per heavy atom. The van der Waals surface area contributed by atoms with E-state index in [-0.39, 0.29) is 5.97 Å². The van der Waals surface area contributed by atoms with E-state index in [2.05, 4.69) is 27.7 Å². The Bertz CT molecular complexity index is 190. The first-order valence-corrected chi connectivity index (χ1v) is 9.81. The second-order valence-corrected chi connectivity index (χ2v) is 5.60. The van der Waals surface area contributed by atoms with Gasteiger partial charge in [-0.2, -0.15) is 0 Å². The van der Waals surface area contributed by atoms with E-state index in [4.69, 9.17) is 4.74 Å². The predicted molar refractivity (Wildman–Crippen MR) is 100 cm³/mol. The third kappa shape index (κ3) is 24.5. The Hall–Kier alpha value is -0.530. The second kappa shape index (κ2) is 25.4. The first-order chi connectivity index (χ1) is 10.7. The highest BCUT2D eigenvalue weighted by Gasteiger charge is 2.10. The van der Waals surface area contributed by atoms with E-state index in [0.717, 1.165) is 0 Å². The first kappa shape index (κ1) is 26.4. The van der Waals surface area contributed by atoms with Crippen molar-refractivity contribution in [3.05, 3.63) is 0 Å². The van der Waals surface area contributed by atoms with Crippen molar-refractivity contribution < 1.29 is 9.53 Å². The van der Waals surface area contributed by atoms with Crippen LogP contribution in [-0.4, -0.2) is 12.6 Å². The van der Waals surface area contributed by atoms with Crippen molar-refractivity contribution in [2.45, 2.75) is 113 Å². The van der Waals surface area contributed by atoms with Crippen LogP contribution in [0.15, 0.2) is 0 Å². The van der Waals surface area contributed by atoms with Crippen LogP contribution < -0.4 is 0 Å². The number of rotatable bonds is 11. The van der Waals surface area contributed by atoms with Crippen LogP contribution in [0.5, 0.6) is 0 Å². The summed E-state index contributed by atoms with van der Waals surface area (Å²) < 4.78 is 5.27. The fourth-order valence-corrected chi connectivity index (χ4v) is 1.98. The SMILES string of the molecule is CC.CCC.CCCCCCC(CCCC)COC(=O)CC. The molecular formula is C20H44O2. The molecule has 0 spiro atoms. The molecular weight excluding hydrogens is 272 g/mol. The highest BCUT2D eigenvalue weighted by atomic mass is 16.5. The van der Waals surface area contributed by atoms with E-state index in [1.807, 2.05) is 20.8 Å². The van der Waals surface area contributed by atoms with Crippen LogP contribution in [0.4, 0.5) is 0 Å². The van der Waals surface area contributed by atoms with Gasteiger partial charge in [0.25, 0.3) is 0 Å². The summed E-state index contributed by atoms with van der Waals surface area (Å²) in [5.74, 6) is 0.530. The van der Waals surface area contributed by atoms with Gasteiger partial charge in [0.2, 0.25) is 0 Å². The molecule has 0 bridgehead atoms. The molecule has 1 atom stereocenters. The molecule has 0 amide bonds. The smallest absolute Gasteiger partial charge is 0.305 e. The van der Waals surface area contributed by atoms with Gasteiger partial charge in [-0.3, -0.25) is 4.79 Å². The number of hydrogen-bond donors (Lipinski definition) is 0. The molecule has 136 valence electrons. The van der Waals surface area contributed by atoms with E-state index < -0.39 is 0 Å². The van der Waals surface area contributed by atoms with Crippen LogP contribution in [0, 0.1) is 5.92 Å². The third-order valence-electron chi connectivity index (χ3n) is 3.20. The average molecular weight is 317 g/mol. The van der Waals surface area contributed by atoms with Gasteiger partial charge >= 0.3 is 5.97 Å². The van der Waals surface area contributed by atoms with E-state index in [1.54, 1.807) is 0 Å². The molecule has 0 radical (unpaired) electrons. The van der Waals surface area contributed by atoms with Gasteiger partial charge in [-0.05, 0) is 18.8 Å². The topological polar surface area (TPSA) is 26.3 Å². The summed E-state index contributed by atoms with van der Waals surface area (Å²) in [5, 5.41) is 0. The highest BCUT2D eigenvalue weighted by Crippen LogP contribution is 2.18. The number of esters is 1. The molecule has 2 nitrogen and oxygen atoms in total. The molecule has 0 aromatic rings. The molecule has 0 aromatic carbocycles. The Morgan fingerprint density at radius 3 is 1.77 bits per heavy atom. The molecule has 22 heavy (non-hydrogen) atoms. The Morgan fingerprint density at radius 2 is 1.32 bits per heavy atom. The van der Waals surface area contributed by atoms with Crippen LogP contribution in [0.1, 0.15) is 113 Å². The van der Waals surface area contributed by atoms with Crippen molar-refractivity contribution >= 4 is 5.97 Å². The third-order valence-corrected chi connectivity index (χ3v) is 3.20. The zero-order valence-corrected chi connectivity index (χ0v) is 16.7. The molecule has 0 saturated carbocycles. The summed E-state index contributed by atoms with van der Waals surface area (Å²) >= 11 is 0. The zero-order valence-electron chi connectivity index (χ0n) is 16.7. The maximum absolute atomic E-state index is 11.1. The van der Waals surface area contributed by atoms with Crippen molar-refractivity contribution in [1.82, 2.24) is 0 Å². The molecule has 0 saturated heterocycles. The standard InChI is InChI=1S/C15H30O2.C3H8.C2H6/c1-4-7-9-10-12-14(11-8-5-2)13-17-15(16)6-3;1-3-2;1-2/h14H,4-13H2,1-3H3;3H2,1-2H3;1-2H3. The van der Waals surface area contributed by atoms with Crippen molar-refractivity contribution in [2.75, 3.05) is 6.61 Å². The zero-order chi connectivity index (χ0) is 17.6. The molecule has 0 aliphatic carbocycles. The first-order valence-electron chi connectivity index (χ1n) is 9.81. The van der Waals surface area contributed by atoms with E-state index in [9.17, 15) is 4.79 Å². The minimum Gasteiger partial charge on any atom is -0.465 e. The summed E-state index contributed by atoms with van der Waals surface area (Å²) in [7, 11) is 0. The lowest BCUT2D eigenvalue weighted by molar-refractivity contribution is -0.144. The molecule has 0 rings (SSSR count). The highest BCUT2D eigenvalue weighted by molar-refractivity contribution is 5.68.